The topological polar surface area (TPSA) is 75.8 Å². The van der Waals surface area contributed by atoms with E-state index in [0.29, 0.717) is 0 Å². The first-order valence-electron chi connectivity index (χ1n) is 8.85. The van der Waals surface area contributed by atoms with E-state index in [1.807, 2.05) is 24.4 Å². The number of aromatic amines is 1. The number of carbonyl (C=O) groups is 1. The van der Waals surface area contributed by atoms with Crippen LogP contribution in [0.3, 0.4) is 0 Å². The van der Waals surface area contributed by atoms with Gasteiger partial charge in [-0.3, -0.25) is 14.9 Å². The van der Waals surface area contributed by atoms with Crippen molar-refractivity contribution in [3.05, 3.63) is 72.9 Å². The van der Waals surface area contributed by atoms with Gasteiger partial charge < -0.3 is 10.7 Å². The molecule has 4 N–H and O–H groups in total. The molecule has 0 aliphatic heterocycles. The van der Waals surface area contributed by atoms with Gasteiger partial charge >= 0.3 is 0 Å². The number of nitrogens with one attached hydrogen (secondary N) is 2. The minimum absolute atomic E-state index is 0.0394. The van der Waals surface area contributed by atoms with Crippen molar-refractivity contribution in [1.29, 1.82) is 0 Å². The van der Waals surface area contributed by atoms with Crippen molar-refractivity contribution in [2.75, 3.05) is 12.0 Å². The van der Waals surface area contributed by atoms with Gasteiger partial charge in [0.2, 0.25) is 0 Å². The minimum atomic E-state index is -0.221. The largest absolute Gasteiger partial charge is 0.354 e. The third-order valence-corrected chi connectivity index (χ3v) is 4.96. The summed E-state index contributed by atoms with van der Waals surface area (Å²) in [6.07, 6.45) is 1.84. The summed E-state index contributed by atoms with van der Waals surface area (Å²) in [5.41, 5.74) is 13.6. The van der Waals surface area contributed by atoms with Crippen molar-refractivity contribution in [3.63, 3.8) is 0 Å². The molecule has 3 aromatic carbocycles. The van der Waals surface area contributed by atoms with Crippen LogP contribution >= 0.6 is 0 Å². The van der Waals surface area contributed by atoms with Gasteiger partial charge in [0.15, 0.2) is 0 Å². The van der Waals surface area contributed by atoms with Gasteiger partial charge in [0.05, 0.1) is 12.1 Å². The molecule has 0 fully saturated rings. The fourth-order valence-corrected chi connectivity index (χ4v) is 3.63. The lowest BCUT2D eigenvalue weighted by Gasteiger charge is -2.07. The lowest BCUT2D eigenvalue weighted by molar-refractivity contribution is -0.115. The van der Waals surface area contributed by atoms with Crippen LogP contribution in [0.25, 0.3) is 43.8 Å². The molecule has 1 amide bonds. The van der Waals surface area contributed by atoms with Crippen LogP contribution < -0.4 is 11.2 Å². The quantitative estimate of drug-likeness (QED) is 0.458. The minimum Gasteiger partial charge on any atom is -0.354 e. The highest BCUT2D eigenvalue weighted by atomic mass is 16.2. The highest BCUT2D eigenvalue weighted by molar-refractivity contribution is 6.08. The van der Waals surface area contributed by atoms with Gasteiger partial charge in [-0.05, 0) is 41.5 Å². The first-order valence-corrected chi connectivity index (χ1v) is 8.85. The summed E-state index contributed by atoms with van der Waals surface area (Å²) < 4.78 is 1.70. The lowest BCUT2D eigenvalue weighted by Crippen LogP contribution is -2.28. The number of H-pyrrole nitrogens is 1. The Morgan fingerprint density at radius 1 is 0.926 bits per heavy atom. The second-order valence-corrected chi connectivity index (χ2v) is 6.63. The van der Waals surface area contributed by atoms with Crippen LogP contribution in [-0.2, 0) is 4.79 Å². The highest BCUT2D eigenvalue weighted by Crippen LogP contribution is 2.31. The zero-order valence-electron chi connectivity index (χ0n) is 14.6. The van der Waals surface area contributed by atoms with E-state index in [1.165, 1.54) is 10.8 Å². The Kier molecular flexibility index (Phi) is 3.48. The molecular weight excluding hydrogens is 336 g/mol. The van der Waals surface area contributed by atoms with Crippen molar-refractivity contribution in [2.45, 2.75) is 0 Å². The number of hydrogen-bond donors (Lipinski definition) is 3. The van der Waals surface area contributed by atoms with Crippen molar-refractivity contribution in [3.8, 4) is 11.1 Å². The van der Waals surface area contributed by atoms with Crippen molar-refractivity contribution in [1.82, 2.24) is 9.66 Å². The van der Waals surface area contributed by atoms with Gasteiger partial charge in [-0.1, -0.05) is 36.4 Å². The molecule has 5 rings (SSSR count). The van der Waals surface area contributed by atoms with E-state index in [0.717, 1.165) is 33.1 Å². The summed E-state index contributed by atoms with van der Waals surface area (Å²) in [6.45, 7) is -0.0394. The van der Waals surface area contributed by atoms with E-state index < -0.39 is 0 Å². The third-order valence-electron chi connectivity index (χ3n) is 4.96. The number of nitrogens with zero attached hydrogens (tertiary/aromatic N) is 1. The first-order chi connectivity index (χ1) is 13.2. The van der Waals surface area contributed by atoms with E-state index in [4.69, 9.17) is 5.73 Å². The van der Waals surface area contributed by atoms with Gasteiger partial charge in [-0.25, -0.2) is 0 Å². The number of para-hydroxylation sites is 1. The number of hydrogen-bond acceptors (Lipinski definition) is 2. The molecule has 5 nitrogen and oxygen atoms in total. The summed E-state index contributed by atoms with van der Waals surface area (Å²) in [7, 11) is 0. The summed E-state index contributed by atoms with van der Waals surface area (Å²) in [5, 5.41) is 3.52. The van der Waals surface area contributed by atoms with Crippen LogP contribution in [-0.4, -0.2) is 22.1 Å². The maximum absolute atomic E-state index is 11.5. The number of amides is 1. The normalized spacial score (nSPS) is 11.4. The summed E-state index contributed by atoms with van der Waals surface area (Å²) >= 11 is 0. The average Bonchev–Trinajstić information content (AvgIpc) is 3.28. The number of benzene rings is 3. The molecule has 0 saturated carbocycles. The Bertz CT molecular complexity index is 1310. The Balaban J connectivity index is 1.58. The monoisotopic (exact) mass is 354 g/mol. The fourth-order valence-electron chi connectivity index (χ4n) is 3.63. The molecule has 0 bridgehead atoms. The standard InChI is InChI=1S/C22H18N4O/c23-13-22(27)25-26-10-9-16-11-14(6-8-21(16)26)15-5-7-18-17-3-1-2-4-19(17)24-20(18)12-15/h1-12,24H,13,23H2,(H,25,27). The van der Waals surface area contributed by atoms with E-state index in [1.54, 1.807) is 4.68 Å². The fraction of sp³-hybridized carbons (Fsp3) is 0.0455. The van der Waals surface area contributed by atoms with Gasteiger partial charge in [0.25, 0.3) is 5.91 Å². The number of carbonyl (C=O) groups excluding carboxylic acids is 1. The molecule has 0 spiro atoms. The number of aromatic nitrogens is 2. The Labute approximate surface area is 155 Å². The molecule has 5 aromatic rings. The Morgan fingerprint density at radius 3 is 2.59 bits per heavy atom. The molecule has 0 atom stereocenters. The molecule has 0 saturated heterocycles. The second-order valence-electron chi connectivity index (χ2n) is 6.63. The predicted octanol–water partition coefficient (Wildman–Crippen LogP) is 3.97. The van der Waals surface area contributed by atoms with Crippen LogP contribution in [0.5, 0.6) is 0 Å². The van der Waals surface area contributed by atoms with Crippen molar-refractivity contribution < 1.29 is 4.79 Å². The molecule has 27 heavy (non-hydrogen) atoms. The Morgan fingerprint density at radius 2 is 1.70 bits per heavy atom. The van der Waals surface area contributed by atoms with Crippen molar-refractivity contribution in [2.24, 2.45) is 5.73 Å². The predicted molar refractivity (Wildman–Crippen MR) is 110 cm³/mol. The van der Waals surface area contributed by atoms with Gasteiger partial charge in [0, 0.05) is 33.4 Å². The second kappa shape index (κ2) is 6.00. The van der Waals surface area contributed by atoms with E-state index in [-0.39, 0.29) is 12.5 Å². The average molecular weight is 354 g/mol. The van der Waals surface area contributed by atoms with Crippen LogP contribution in [0.1, 0.15) is 0 Å². The summed E-state index contributed by atoms with van der Waals surface area (Å²) in [6, 6.07) is 23.0. The molecular formula is C22H18N4O. The van der Waals surface area contributed by atoms with Crippen LogP contribution in [0.15, 0.2) is 72.9 Å². The van der Waals surface area contributed by atoms with Crippen molar-refractivity contribution >= 4 is 38.6 Å². The molecule has 2 aromatic heterocycles. The Hall–Kier alpha value is -3.57. The third kappa shape index (κ3) is 2.56. The molecule has 2 heterocycles. The zero-order chi connectivity index (χ0) is 18.4. The molecule has 0 radical (unpaired) electrons. The van der Waals surface area contributed by atoms with Gasteiger partial charge in [-0.2, -0.15) is 0 Å². The maximum atomic E-state index is 11.5. The highest BCUT2D eigenvalue weighted by Gasteiger charge is 2.08. The number of nitrogens with two attached hydrogens (primary N) is 1. The molecule has 5 heteroatoms. The van der Waals surface area contributed by atoms with Crippen LogP contribution in [0.2, 0.25) is 0 Å². The van der Waals surface area contributed by atoms with E-state index in [9.17, 15) is 4.79 Å². The SMILES string of the molecule is NCC(=O)Nn1ccc2cc(-c3ccc4c(c3)[nH]c3ccccc34)ccc21. The van der Waals surface area contributed by atoms with Crippen LogP contribution in [0.4, 0.5) is 0 Å². The van der Waals surface area contributed by atoms with Crippen LogP contribution in [0, 0.1) is 0 Å². The summed E-state index contributed by atoms with van der Waals surface area (Å²) in [5.74, 6) is -0.221. The maximum Gasteiger partial charge on any atom is 0.252 e. The van der Waals surface area contributed by atoms with Gasteiger partial charge in [-0.15, -0.1) is 0 Å². The smallest absolute Gasteiger partial charge is 0.252 e. The number of fused-ring (bicyclic) bond motifs is 4. The lowest BCUT2D eigenvalue weighted by atomic mass is 10.0. The zero-order valence-corrected chi connectivity index (χ0v) is 14.6. The van der Waals surface area contributed by atoms with E-state index >= 15 is 0 Å². The summed E-state index contributed by atoms with van der Waals surface area (Å²) in [4.78, 5) is 15.0. The van der Waals surface area contributed by atoms with E-state index in [2.05, 4.69) is 58.9 Å². The molecule has 0 aliphatic carbocycles. The number of rotatable bonds is 3. The molecule has 0 unspecified atom stereocenters. The van der Waals surface area contributed by atoms with Gasteiger partial charge in [0.1, 0.15) is 0 Å². The molecule has 0 aliphatic rings. The molecule has 132 valence electrons. The first kappa shape index (κ1) is 15.7.